The fourth-order valence-electron chi connectivity index (χ4n) is 1.95. The van der Waals surface area contributed by atoms with Crippen LogP contribution in [0.1, 0.15) is 37.8 Å². The van der Waals surface area contributed by atoms with Gasteiger partial charge < -0.3 is 5.11 Å². The van der Waals surface area contributed by atoms with Gasteiger partial charge in [-0.25, -0.2) is 4.39 Å². The van der Waals surface area contributed by atoms with Crippen molar-refractivity contribution in [2.75, 3.05) is 0 Å². The molecule has 0 bridgehead atoms. The van der Waals surface area contributed by atoms with Crippen LogP contribution in [-0.4, -0.2) is 16.6 Å². The zero-order valence-electron chi connectivity index (χ0n) is 11.0. The van der Waals surface area contributed by atoms with Gasteiger partial charge in [-0.1, -0.05) is 26.0 Å². The molecule has 0 aliphatic rings. The average molecular weight is 264 g/mol. The zero-order chi connectivity index (χ0) is 14.5. The maximum Gasteiger partial charge on any atom is 0.323 e. The molecule has 0 heterocycles. The molecule has 5 heteroatoms. The van der Waals surface area contributed by atoms with E-state index in [4.69, 9.17) is 5.26 Å². The van der Waals surface area contributed by atoms with Gasteiger partial charge in [0.2, 0.25) is 0 Å². The van der Waals surface area contributed by atoms with Gasteiger partial charge in [-0.2, -0.15) is 5.26 Å². The second kappa shape index (κ2) is 6.30. The maximum atomic E-state index is 13.8. The van der Waals surface area contributed by atoms with Gasteiger partial charge in [-0.15, -0.1) is 0 Å². The van der Waals surface area contributed by atoms with E-state index < -0.39 is 17.3 Å². The second-order valence-corrected chi connectivity index (χ2v) is 4.34. The Morgan fingerprint density at radius 1 is 1.47 bits per heavy atom. The number of nitriles is 1. The standard InChI is InChI=1S/C14H17FN2O2/c1-3-14(4-2,13(18)19)17-9-11-7-5-6-10(8-16)12(11)15/h5-7,17H,3-4,9H2,1-2H3,(H,18,19). The summed E-state index contributed by atoms with van der Waals surface area (Å²) in [5.74, 6) is -1.54. The number of hydrogen-bond donors (Lipinski definition) is 2. The van der Waals surface area contributed by atoms with Gasteiger partial charge in [-0.05, 0) is 18.9 Å². The number of carboxylic acid groups (broad SMARTS) is 1. The van der Waals surface area contributed by atoms with Gasteiger partial charge in [-0.3, -0.25) is 10.1 Å². The predicted molar refractivity (Wildman–Crippen MR) is 68.9 cm³/mol. The van der Waals surface area contributed by atoms with Gasteiger partial charge in [0.05, 0.1) is 5.56 Å². The minimum atomic E-state index is -1.06. The van der Waals surface area contributed by atoms with Crippen LogP contribution < -0.4 is 5.32 Å². The topological polar surface area (TPSA) is 73.1 Å². The van der Waals surface area contributed by atoms with Crippen LogP contribution in [0.2, 0.25) is 0 Å². The third kappa shape index (κ3) is 3.09. The minimum absolute atomic E-state index is 0.0341. The quantitative estimate of drug-likeness (QED) is 0.827. The highest BCUT2D eigenvalue weighted by Crippen LogP contribution is 2.18. The fraction of sp³-hybridized carbons (Fsp3) is 0.429. The largest absolute Gasteiger partial charge is 0.480 e. The Morgan fingerprint density at radius 3 is 2.58 bits per heavy atom. The number of nitrogens with one attached hydrogen (secondary N) is 1. The molecule has 0 saturated heterocycles. The van der Waals surface area contributed by atoms with Crippen LogP contribution in [0.25, 0.3) is 0 Å². The van der Waals surface area contributed by atoms with E-state index in [-0.39, 0.29) is 12.1 Å². The molecular weight excluding hydrogens is 247 g/mol. The molecule has 2 N–H and O–H groups in total. The molecule has 1 aromatic carbocycles. The highest BCUT2D eigenvalue weighted by Gasteiger charge is 2.34. The highest BCUT2D eigenvalue weighted by molar-refractivity contribution is 5.78. The van der Waals surface area contributed by atoms with Gasteiger partial charge >= 0.3 is 5.97 Å². The van der Waals surface area contributed by atoms with Crippen molar-refractivity contribution < 1.29 is 14.3 Å². The van der Waals surface area contributed by atoms with E-state index in [0.717, 1.165) is 0 Å². The summed E-state index contributed by atoms with van der Waals surface area (Å²) in [5, 5.41) is 20.9. The smallest absolute Gasteiger partial charge is 0.323 e. The van der Waals surface area contributed by atoms with E-state index in [1.807, 2.05) is 0 Å². The van der Waals surface area contributed by atoms with Gasteiger partial charge in [0.15, 0.2) is 0 Å². The van der Waals surface area contributed by atoms with Gasteiger partial charge in [0.25, 0.3) is 0 Å². The summed E-state index contributed by atoms with van der Waals surface area (Å²) in [5.41, 5.74) is -0.797. The molecule has 0 amide bonds. The Balaban J connectivity index is 2.93. The van der Waals surface area contributed by atoms with Crippen molar-refractivity contribution in [3.8, 4) is 6.07 Å². The van der Waals surface area contributed by atoms with Crippen LogP contribution in [0, 0.1) is 17.1 Å². The monoisotopic (exact) mass is 264 g/mol. The van der Waals surface area contributed by atoms with Crippen molar-refractivity contribution >= 4 is 5.97 Å². The molecule has 0 aliphatic heterocycles. The molecule has 0 unspecified atom stereocenters. The predicted octanol–water partition coefficient (Wildman–Crippen LogP) is 2.43. The van der Waals surface area contributed by atoms with E-state index >= 15 is 0 Å². The summed E-state index contributed by atoms with van der Waals surface area (Å²) in [6.07, 6.45) is 0.802. The third-order valence-corrected chi connectivity index (χ3v) is 3.43. The molecular formula is C14H17FN2O2. The summed E-state index contributed by atoms with van der Waals surface area (Å²) in [6.45, 7) is 3.62. The molecule has 0 fully saturated rings. The van der Waals surface area contributed by atoms with Crippen molar-refractivity contribution in [2.45, 2.75) is 38.8 Å². The summed E-state index contributed by atoms with van der Waals surface area (Å²) < 4.78 is 13.8. The van der Waals surface area contributed by atoms with E-state index in [1.54, 1.807) is 32.0 Å². The fourth-order valence-corrected chi connectivity index (χ4v) is 1.95. The van der Waals surface area contributed by atoms with Crippen molar-refractivity contribution in [3.63, 3.8) is 0 Å². The number of carboxylic acids is 1. The first-order chi connectivity index (χ1) is 9.00. The lowest BCUT2D eigenvalue weighted by Gasteiger charge is -2.28. The number of carbonyl (C=O) groups is 1. The van der Waals surface area contributed by atoms with Crippen molar-refractivity contribution in [3.05, 3.63) is 35.1 Å². The molecule has 0 saturated carbocycles. The van der Waals surface area contributed by atoms with Crippen LogP contribution in [0.4, 0.5) is 4.39 Å². The van der Waals surface area contributed by atoms with Crippen molar-refractivity contribution in [1.82, 2.24) is 5.32 Å². The molecule has 0 aliphatic carbocycles. The van der Waals surface area contributed by atoms with Crippen molar-refractivity contribution in [1.29, 1.82) is 5.26 Å². The van der Waals surface area contributed by atoms with Crippen molar-refractivity contribution in [2.24, 2.45) is 0 Å². The second-order valence-electron chi connectivity index (χ2n) is 4.34. The molecule has 1 aromatic rings. The highest BCUT2D eigenvalue weighted by atomic mass is 19.1. The Bertz CT molecular complexity index is 505. The summed E-state index contributed by atoms with van der Waals surface area (Å²) in [4.78, 5) is 11.3. The molecule has 102 valence electrons. The van der Waals surface area contributed by atoms with Gasteiger partial charge in [0, 0.05) is 12.1 Å². The summed E-state index contributed by atoms with van der Waals surface area (Å²) in [7, 11) is 0. The summed E-state index contributed by atoms with van der Waals surface area (Å²) in [6, 6.07) is 6.28. The number of hydrogen-bond acceptors (Lipinski definition) is 3. The number of rotatable bonds is 6. The van der Waals surface area contributed by atoms with Crippen LogP contribution in [0.15, 0.2) is 18.2 Å². The number of benzene rings is 1. The lowest BCUT2D eigenvalue weighted by molar-refractivity contribution is -0.145. The molecule has 1 rings (SSSR count). The molecule has 0 radical (unpaired) electrons. The first-order valence-electron chi connectivity index (χ1n) is 6.16. The van der Waals surface area contributed by atoms with Crippen LogP contribution in [0.3, 0.4) is 0 Å². The third-order valence-electron chi connectivity index (χ3n) is 3.43. The first-order valence-corrected chi connectivity index (χ1v) is 6.16. The van der Waals surface area contributed by atoms with Crippen LogP contribution in [-0.2, 0) is 11.3 Å². The molecule has 4 nitrogen and oxygen atoms in total. The number of nitrogens with zero attached hydrogens (tertiary/aromatic N) is 1. The summed E-state index contributed by atoms with van der Waals surface area (Å²) >= 11 is 0. The normalized spacial score (nSPS) is 11.1. The molecule has 19 heavy (non-hydrogen) atoms. The number of halogens is 1. The average Bonchev–Trinajstić information content (AvgIpc) is 2.41. The Kier molecular flexibility index (Phi) is 5.02. The minimum Gasteiger partial charge on any atom is -0.480 e. The Hall–Kier alpha value is -1.93. The van der Waals surface area contributed by atoms with Crippen LogP contribution >= 0.6 is 0 Å². The zero-order valence-corrected chi connectivity index (χ0v) is 11.0. The Labute approximate surface area is 111 Å². The van der Waals surface area contributed by atoms with E-state index in [2.05, 4.69) is 5.32 Å². The maximum absolute atomic E-state index is 13.8. The SMILES string of the molecule is CCC(CC)(NCc1cccc(C#N)c1F)C(=O)O. The molecule has 0 aromatic heterocycles. The number of aliphatic carboxylic acids is 1. The first kappa shape index (κ1) is 15.1. The lowest BCUT2D eigenvalue weighted by atomic mass is 9.92. The van der Waals surface area contributed by atoms with E-state index in [1.165, 1.54) is 6.07 Å². The van der Waals surface area contributed by atoms with E-state index in [9.17, 15) is 14.3 Å². The van der Waals surface area contributed by atoms with Crippen LogP contribution in [0.5, 0.6) is 0 Å². The van der Waals surface area contributed by atoms with E-state index in [0.29, 0.717) is 18.4 Å². The molecule has 0 atom stereocenters. The van der Waals surface area contributed by atoms with Gasteiger partial charge in [0.1, 0.15) is 17.4 Å². The lowest BCUT2D eigenvalue weighted by Crippen LogP contribution is -2.50. The molecule has 0 spiro atoms. The Morgan fingerprint density at radius 2 is 2.11 bits per heavy atom.